The van der Waals surface area contributed by atoms with Gasteiger partial charge in [-0.3, -0.25) is 4.90 Å². The van der Waals surface area contributed by atoms with Crippen molar-refractivity contribution in [3.8, 4) is 0 Å². The van der Waals surface area contributed by atoms with Crippen molar-refractivity contribution in [1.29, 1.82) is 0 Å². The summed E-state index contributed by atoms with van der Waals surface area (Å²) in [7, 11) is 1.79. The van der Waals surface area contributed by atoms with E-state index in [0.29, 0.717) is 6.10 Å². The lowest BCUT2D eigenvalue weighted by atomic mass is 9.82. The molecule has 0 amide bonds. The summed E-state index contributed by atoms with van der Waals surface area (Å²) in [4.78, 5) is 2.42. The van der Waals surface area contributed by atoms with Crippen molar-refractivity contribution < 1.29 is 9.84 Å². The Kier molecular flexibility index (Phi) is 4.97. The SMILES string of the molecule is COC1CCCN(CC(C)(CO)c2ccccc2)C1. The van der Waals surface area contributed by atoms with E-state index in [1.165, 1.54) is 12.0 Å². The number of hydrogen-bond donors (Lipinski definition) is 1. The zero-order valence-corrected chi connectivity index (χ0v) is 12.0. The molecule has 0 spiro atoms. The van der Waals surface area contributed by atoms with Crippen LogP contribution < -0.4 is 0 Å². The molecular formula is C16H25NO2. The maximum atomic E-state index is 9.83. The number of benzene rings is 1. The standard InChI is InChI=1S/C16H25NO2/c1-16(13-18,14-7-4-3-5-8-14)12-17-10-6-9-15(11-17)19-2/h3-5,7-8,15,18H,6,9-13H2,1-2H3. The molecular weight excluding hydrogens is 238 g/mol. The highest BCUT2D eigenvalue weighted by Gasteiger charge is 2.30. The molecule has 0 aliphatic carbocycles. The normalized spacial score (nSPS) is 24.1. The fourth-order valence-corrected chi connectivity index (χ4v) is 2.92. The van der Waals surface area contributed by atoms with E-state index >= 15 is 0 Å². The van der Waals surface area contributed by atoms with E-state index in [1.807, 2.05) is 18.2 Å². The first-order valence-corrected chi connectivity index (χ1v) is 7.09. The molecule has 1 heterocycles. The smallest absolute Gasteiger partial charge is 0.0698 e. The van der Waals surface area contributed by atoms with Gasteiger partial charge in [-0.15, -0.1) is 0 Å². The molecule has 106 valence electrons. The van der Waals surface area contributed by atoms with Gasteiger partial charge in [-0.25, -0.2) is 0 Å². The first kappa shape index (κ1) is 14.5. The van der Waals surface area contributed by atoms with Crippen LogP contribution in [0, 0.1) is 0 Å². The van der Waals surface area contributed by atoms with Gasteiger partial charge in [0.15, 0.2) is 0 Å². The van der Waals surface area contributed by atoms with Crippen molar-refractivity contribution in [2.24, 2.45) is 0 Å². The van der Waals surface area contributed by atoms with Crippen LogP contribution in [0.25, 0.3) is 0 Å². The molecule has 0 radical (unpaired) electrons. The topological polar surface area (TPSA) is 32.7 Å². The van der Waals surface area contributed by atoms with Crippen LogP contribution in [0.1, 0.15) is 25.3 Å². The molecule has 0 saturated carbocycles. The molecule has 2 atom stereocenters. The summed E-state index contributed by atoms with van der Waals surface area (Å²) in [5, 5.41) is 9.83. The molecule has 3 nitrogen and oxygen atoms in total. The molecule has 2 rings (SSSR count). The molecule has 3 heteroatoms. The number of nitrogens with zero attached hydrogens (tertiary/aromatic N) is 1. The van der Waals surface area contributed by atoms with Gasteiger partial charge in [0.05, 0.1) is 12.7 Å². The minimum Gasteiger partial charge on any atom is -0.395 e. The predicted molar refractivity (Wildman–Crippen MR) is 77.4 cm³/mol. The minimum atomic E-state index is -0.198. The van der Waals surface area contributed by atoms with E-state index in [9.17, 15) is 5.11 Å². The van der Waals surface area contributed by atoms with E-state index in [-0.39, 0.29) is 12.0 Å². The van der Waals surface area contributed by atoms with Gasteiger partial charge < -0.3 is 9.84 Å². The van der Waals surface area contributed by atoms with Crippen LogP contribution in [-0.2, 0) is 10.2 Å². The molecule has 1 aliphatic heterocycles. The Bertz CT molecular complexity index is 382. The number of ether oxygens (including phenoxy) is 1. The molecule has 2 unspecified atom stereocenters. The third-order valence-corrected chi connectivity index (χ3v) is 4.19. The molecule has 0 bridgehead atoms. The lowest BCUT2D eigenvalue weighted by molar-refractivity contribution is 0.0188. The Hall–Kier alpha value is -0.900. The number of methoxy groups -OCH3 is 1. The van der Waals surface area contributed by atoms with E-state index in [1.54, 1.807) is 7.11 Å². The van der Waals surface area contributed by atoms with Gasteiger partial charge in [-0.2, -0.15) is 0 Å². The van der Waals surface area contributed by atoms with E-state index in [2.05, 4.69) is 24.0 Å². The Morgan fingerprint density at radius 2 is 2.11 bits per heavy atom. The number of hydrogen-bond acceptors (Lipinski definition) is 3. The molecule has 19 heavy (non-hydrogen) atoms. The summed E-state index contributed by atoms with van der Waals surface area (Å²) >= 11 is 0. The lowest BCUT2D eigenvalue weighted by Gasteiger charge is -2.38. The quantitative estimate of drug-likeness (QED) is 0.882. The Labute approximate surface area is 116 Å². The van der Waals surface area contributed by atoms with Gasteiger partial charge >= 0.3 is 0 Å². The van der Waals surface area contributed by atoms with Gasteiger partial charge in [0, 0.05) is 25.6 Å². The second kappa shape index (κ2) is 6.51. The highest BCUT2D eigenvalue weighted by molar-refractivity contribution is 5.25. The fraction of sp³-hybridized carbons (Fsp3) is 0.625. The first-order chi connectivity index (χ1) is 9.18. The van der Waals surface area contributed by atoms with Gasteiger partial charge in [-0.05, 0) is 24.9 Å². The average Bonchev–Trinajstić information content (AvgIpc) is 2.48. The maximum absolute atomic E-state index is 9.83. The van der Waals surface area contributed by atoms with Gasteiger partial charge in [0.1, 0.15) is 0 Å². The fourth-order valence-electron chi connectivity index (χ4n) is 2.92. The van der Waals surface area contributed by atoms with Crippen LogP contribution in [0.15, 0.2) is 30.3 Å². The van der Waals surface area contributed by atoms with E-state index in [0.717, 1.165) is 26.1 Å². The van der Waals surface area contributed by atoms with E-state index < -0.39 is 0 Å². The second-order valence-corrected chi connectivity index (χ2v) is 5.82. The number of aliphatic hydroxyl groups excluding tert-OH is 1. The Morgan fingerprint density at radius 1 is 1.37 bits per heavy atom. The molecule has 1 aliphatic rings. The summed E-state index contributed by atoms with van der Waals surface area (Å²) < 4.78 is 5.47. The van der Waals surface area contributed by atoms with Crippen molar-refractivity contribution in [2.75, 3.05) is 33.4 Å². The number of likely N-dealkylation sites (tertiary alicyclic amines) is 1. The van der Waals surface area contributed by atoms with Crippen LogP contribution in [0.3, 0.4) is 0 Å². The number of aliphatic hydroxyl groups is 1. The summed E-state index contributed by atoms with van der Waals surface area (Å²) in [6, 6.07) is 10.3. The summed E-state index contributed by atoms with van der Waals surface area (Å²) in [6.07, 6.45) is 2.66. The molecule has 1 N–H and O–H groups in total. The Balaban J connectivity index is 2.06. The van der Waals surface area contributed by atoms with Crippen molar-refractivity contribution in [2.45, 2.75) is 31.3 Å². The lowest BCUT2D eigenvalue weighted by Crippen LogP contribution is -2.47. The molecule has 1 aromatic rings. The second-order valence-electron chi connectivity index (χ2n) is 5.82. The largest absolute Gasteiger partial charge is 0.395 e. The van der Waals surface area contributed by atoms with Crippen molar-refractivity contribution in [3.05, 3.63) is 35.9 Å². The molecule has 1 fully saturated rings. The number of rotatable bonds is 5. The van der Waals surface area contributed by atoms with Crippen molar-refractivity contribution in [1.82, 2.24) is 4.90 Å². The Morgan fingerprint density at radius 3 is 2.74 bits per heavy atom. The molecule has 0 aromatic heterocycles. The third kappa shape index (κ3) is 3.56. The van der Waals surface area contributed by atoms with Gasteiger partial charge in [0.2, 0.25) is 0 Å². The summed E-state index contributed by atoms with van der Waals surface area (Å²) in [5.74, 6) is 0. The van der Waals surface area contributed by atoms with Gasteiger partial charge in [-0.1, -0.05) is 37.3 Å². The summed E-state index contributed by atoms with van der Waals surface area (Å²) in [5.41, 5.74) is 1.01. The van der Waals surface area contributed by atoms with Crippen LogP contribution in [0.4, 0.5) is 0 Å². The van der Waals surface area contributed by atoms with Crippen molar-refractivity contribution >= 4 is 0 Å². The monoisotopic (exact) mass is 263 g/mol. The first-order valence-electron chi connectivity index (χ1n) is 7.09. The average molecular weight is 263 g/mol. The van der Waals surface area contributed by atoms with Crippen LogP contribution in [-0.4, -0.2) is 49.5 Å². The molecule has 1 saturated heterocycles. The maximum Gasteiger partial charge on any atom is 0.0698 e. The van der Waals surface area contributed by atoms with Crippen LogP contribution in [0.2, 0.25) is 0 Å². The predicted octanol–water partition coefficient (Wildman–Crippen LogP) is 2.05. The van der Waals surface area contributed by atoms with E-state index in [4.69, 9.17) is 4.74 Å². The molecule has 1 aromatic carbocycles. The highest BCUT2D eigenvalue weighted by Crippen LogP contribution is 2.26. The minimum absolute atomic E-state index is 0.172. The van der Waals surface area contributed by atoms with Crippen molar-refractivity contribution in [3.63, 3.8) is 0 Å². The number of piperidine rings is 1. The highest BCUT2D eigenvalue weighted by atomic mass is 16.5. The van der Waals surface area contributed by atoms with Crippen LogP contribution in [0.5, 0.6) is 0 Å². The van der Waals surface area contributed by atoms with Gasteiger partial charge in [0.25, 0.3) is 0 Å². The third-order valence-electron chi connectivity index (χ3n) is 4.19. The summed E-state index contributed by atoms with van der Waals surface area (Å²) in [6.45, 7) is 5.26. The zero-order valence-electron chi connectivity index (χ0n) is 12.0. The zero-order chi connectivity index (χ0) is 13.7. The van der Waals surface area contributed by atoms with Crippen LogP contribution >= 0.6 is 0 Å².